The standard InChI is InChI=1S/C18H18N4O2S/c1-23-14-6-4-13(5-7-14)16-18(22-8-10-24-11-9-22)19-17(21-20-16)15-3-2-12-25-15/h2-7,12H,8-11H2,1H3. The molecule has 1 aromatic carbocycles. The van der Waals surface area contributed by atoms with Gasteiger partial charge in [-0.2, -0.15) is 0 Å². The molecule has 1 aliphatic heterocycles. The molecule has 0 unspecified atom stereocenters. The first-order valence-electron chi connectivity index (χ1n) is 8.11. The molecule has 0 spiro atoms. The minimum absolute atomic E-state index is 0.661. The first kappa shape index (κ1) is 16.0. The van der Waals surface area contributed by atoms with Crippen LogP contribution in [0.4, 0.5) is 5.82 Å². The van der Waals surface area contributed by atoms with E-state index in [1.807, 2.05) is 41.8 Å². The maximum atomic E-state index is 5.48. The normalized spacial score (nSPS) is 14.5. The van der Waals surface area contributed by atoms with Crippen molar-refractivity contribution in [2.24, 2.45) is 0 Å². The number of ether oxygens (including phenoxy) is 2. The SMILES string of the molecule is COc1ccc(-c2nnc(-c3cccs3)nc2N2CCOCC2)cc1. The predicted octanol–water partition coefficient (Wildman–Crippen LogP) is 3.11. The Morgan fingerprint density at radius 1 is 1.08 bits per heavy atom. The van der Waals surface area contributed by atoms with Gasteiger partial charge in [0.05, 0.1) is 25.2 Å². The third-order valence-corrected chi connectivity index (χ3v) is 4.95. The molecule has 2 aromatic heterocycles. The van der Waals surface area contributed by atoms with E-state index >= 15 is 0 Å². The Morgan fingerprint density at radius 3 is 2.56 bits per heavy atom. The van der Waals surface area contributed by atoms with E-state index in [0.29, 0.717) is 19.0 Å². The van der Waals surface area contributed by atoms with Crippen molar-refractivity contribution in [3.63, 3.8) is 0 Å². The summed E-state index contributed by atoms with van der Waals surface area (Å²) >= 11 is 1.61. The van der Waals surface area contributed by atoms with Crippen molar-refractivity contribution in [2.45, 2.75) is 0 Å². The van der Waals surface area contributed by atoms with Crippen LogP contribution in [0.5, 0.6) is 5.75 Å². The maximum absolute atomic E-state index is 5.48. The van der Waals surface area contributed by atoms with Gasteiger partial charge in [-0.05, 0) is 35.7 Å². The molecule has 4 rings (SSSR count). The number of anilines is 1. The van der Waals surface area contributed by atoms with Crippen LogP contribution in [0.25, 0.3) is 22.0 Å². The van der Waals surface area contributed by atoms with Crippen LogP contribution >= 0.6 is 11.3 Å². The van der Waals surface area contributed by atoms with Gasteiger partial charge < -0.3 is 14.4 Å². The third-order valence-electron chi connectivity index (χ3n) is 4.08. The largest absolute Gasteiger partial charge is 0.497 e. The van der Waals surface area contributed by atoms with Crippen LogP contribution in [0.3, 0.4) is 0 Å². The zero-order chi connectivity index (χ0) is 17.1. The molecule has 7 heteroatoms. The van der Waals surface area contributed by atoms with Crippen LogP contribution in [0.1, 0.15) is 0 Å². The Morgan fingerprint density at radius 2 is 1.88 bits per heavy atom. The highest BCUT2D eigenvalue weighted by Crippen LogP contribution is 2.31. The first-order valence-corrected chi connectivity index (χ1v) is 8.99. The summed E-state index contributed by atoms with van der Waals surface area (Å²) in [6, 6.07) is 11.8. The quantitative estimate of drug-likeness (QED) is 0.717. The van der Waals surface area contributed by atoms with Crippen molar-refractivity contribution in [3.05, 3.63) is 41.8 Å². The monoisotopic (exact) mass is 354 g/mol. The minimum Gasteiger partial charge on any atom is -0.497 e. The van der Waals surface area contributed by atoms with E-state index in [9.17, 15) is 0 Å². The summed E-state index contributed by atoms with van der Waals surface area (Å²) in [5.74, 6) is 2.33. The van der Waals surface area contributed by atoms with Crippen LogP contribution < -0.4 is 9.64 Å². The lowest BCUT2D eigenvalue weighted by Gasteiger charge is -2.29. The van der Waals surface area contributed by atoms with Gasteiger partial charge >= 0.3 is 0 Å². The number of aromatic nitrogens is 3. The molecule has 1 saturated heterocycles. The van der Waals surface area contributed by atoms with E-state index in [0.717, 1.165) is 40.8 Å². The molecule has 6 nitrogen and oxygen atoms in total. The lowest BCUT2D eigenvalue weighted by atomic mass is 10.1. The van der Waals surface area contributed by atoms with E-state index < -0.39 is 0 Å². The third kappa shape index (κ3) is 3.33. The second-order valence-corrected chi connectivity index (χ2v) is 6.56. The predicted molar refractivity (Wildman–Crippen MR) is 98.2 cm³/mol. The average Bonchev–Trinajstić information content (AvgIpc) is 3.23. The molecule has 3 aromatic rings. The van der Waals surface area contributed by atoms with Crippen LogP contribution in [-0.4, -0.2) is 48.6 Å². The number of thiophene rings is 1. The second kappa shape index (κ2) is 7.16. The van der Waals surface area contributed by atoms with Gasteiger partial charge in [-0.3, -0.25) is 0 Å². The van der Waals surface area contributed by atoms with Crippen molar-refractivity contribution in [1.82, 2.24) is 15.2 Å². The Balaban J connectivity index is 1.78. The molecule has 128 valence electrons. The fourth-order valence-corrected chi connectivity index (χ4v) is 3.41. The molecule has 1 fully saturated rings. The molecule has 0 radical (unpaired) electrons. The van der Waals surface area contributed by atoms with Gasteiger partial charge in [0.15, 0.2) is 11.6 Å². The van der Waals surface area contributed by atoms with Gasteiger partial charge in [-0.1, -0.05) is 6.07 Å². The summed E-state index contributed by atoms with van der Waals surface area (Å²) in [6.45, 7) is 2.98. The van der Waals surface area contributed by atoms with E-state index in [1.165, 1.54) is 0 Å². The minimum atomic E-state index is 0.661. The molecule has 1 aliphatic rings. The number of hydrogen-bond acceptors (Lipinski definition) is 7. The van der Waals surface area contributed by atoms with Gasteiger partial charge in [0.2, 0.25) is 0 Å². The Hall–Kier alpha value is -2.51. The summed E-state index contributed by atoms with van der Waals surface area (Å²) in [6.07, 6.45) is 0. The van der Waals surface area contributed by atoms with Crippen molar-refractivity contribution >= 4 is 17.2 Å². The highest BCUT2D eigenvalue weighted by molar-refractivity contribution is 7.13. The van der Waals surface area contributed by atoms with Crippen LogP contribution in [0.2, 0.25) is 0 Å². The fraction of sp³-hybridized carbons (Fsp3) is 0.278. The summed E-state index contributed by atoms with van der Waals surface area (Å²) in [4.78, 5) is 8.07. The van der Waals surface area contributed by atoms with Crippen molar-refractivity contribution in [3.8, 4) is 27.7 Å². The van der Waals surface area contributed by atoms with Crippen molar-refractivity contribution < 1.29 is 9.47 Å². The fourth-order valence-electron chi connectivity index (χ4n) is 2.76. The van der Waals surface area contributed by atoms with Gasteiger partial charge in [0, 0.05) is 18.7 Å². The van der Waals surface area contributed by atoms with E-state index in [1.54, 1.807) is 18.4 Å². The molecule has 0 amide bonds. The number of morpholine rings is 1. The van der Waals surface area contributed by atoms with Crippen LogP contribution in [0, 0.1) is 0 Å². The second-order valence-electron chi connectivity index (χ2n) is 5.61. The molecule has 0 N–H and O–H groups in total. The smallest absolute Gasteiger partial charge is 0.193 e. The Labute approximate surface area is 150 Å². The molecule has 0 bridgehead atoms. The number of benzene rings is 1. The zero-order valence-electron chi connectivity index (χ0n) is 13.9. The number of hydrogen-bond donors (Lipinski definition) is 0. The first-order chi connectivity index (χ1) is 12.3. The van der Waals surface area contributed by atoms with Gasteiger partial charge in [-0.25, -0.2) is 4.98 Å². The molecule has 3 heterocycles. The molecule has 0 atom stereocenters. The summed E-state index contributed by atoms with van der Waals surface area (Å²) < 4.78 is 10.7. The maximum Gasteiger partial charge on any atom is 0.193 e. The number of nitrogens with zero attached hydrogens (tertiary/aromatic N) is 4. The van der Waals surface area contributed by atoms with E-state index in [-0.39, 0.29) is 0 Å². The highest BCUT2D eigenvalue weighted by Gasteiger charge is 2.20. The van der Waals surface area contributed by atoms with Gasteiger partial charge in [-0.15, -0.1) is 21.5 Å². The molecular formula is C18H18N4O2S. The zero-order valence-corrected chi connectivity index (χ0v) is 14.7. The van der Waals surface area contributed by atoms with E-state index in [4.69, 9.17) is 14.5 Å². The average molecular weight is 354 g/mol. The highest BCUT2D eigenvalue weighted by atomic mass is 32.1. The lowest BCUT2D eigenvalue weighted by Crippen LogP contribution is -2.37. The van der Waals surface area contributed by atoms with Crippen molar-refractivity contribution in [1.29, 1.82) is 0 Å². The summed E-state index contributed by atoms with van der Waals surface area (Å²) in [5, 5.41) is 10.9. The number of rotatable bonds is 4. The number of methoxy groups -OCH3 is 1. The van der Waals surface area contributed by atoms with Crippen molar-refractivity contribution in [2.75, 3.05) is 38.3 Å². The molecular weight excluding hydrogens is 336 g/mol. The Kier molecular flexibility index (Phi) is 4.58. The van der Waals surface area contributed by atoms with Gasteiger partial charge in [0.1, 0.15) is 11.4 Å². The molecule has 25 heavy (non-hydrogen) atoms. The summed E-state index contributed by atoms with van der Waals surface area (Å²) in [7, 11) is 1.66. The molecule has 0 aliphatic carbocycles. The van der Waals surface area contributed by atoms with E-state index in [2.05, 4.69) is 15.1 Å². The van der Waals surface area contributed by atoms with Gasteiger partial charge in [0.25, 0.3) is 0 Å². The topological polar surface area (TPSA) is 60.4 Å². The van der Waals surface area contributed by atoms with Crippen LogP contribution in [-0.2, 0) is 4.74 Å². The van der Waals surface area contributed by atoms with Crippen LogP contribution in [0.15, 0.2) is 41.8 Å². The molecule has 0 saturated carbocycles. The Bertz CT molecular complexity index is 831. The summed E-state index contributed by atoms with van der Waals surface area (Å²) in [5.41, 5.74) is 1.75. The lowest BCUT2D eigenvalue weighted by molar-refractivity contribution is 0.122.